The van der Waals surface area contributed by atoms with Gasteiger partial charge in [-0.1, -0.05) is 42.5 Å². The highest BCUT2D eigenvalue weighted by Crippen LogP contribution is 2.39. The maximum atomic E-state index is 5.08. The minimum atomic E-state index is 0.784. The Kier molecular flexibility index (Phi) is 4.00. The topological polar surface area (TPSA) is 52.9 Å². The third-order valence-corrected chi connectivity index (χ3v) is 7.67. The Morgan fingerprint density at radius 1 is 0.722 bits per heavy atom. The van der Waals surface area contributed by atoms with Crippen LogP contribution in [-0.2, 0) is 0 Å². The van der Waals surface area contributed by atoms with E-state index in [4.69, 9.17) is 4.98 Å². The quantitative estimate of drug-likeness (QED) is 0.275. The summed E-state index contributed by atoms with van der Waals surface area (Å²) in [6.45, 7) is 0. The summed E-state index contributed by atoms with van der Waals surface area (Å²) in [5.41, 5.74) is 6.50. The van der Waals surface area contributed by atoms with Gasteiger partial charge in [-0.3, -0.25) is 14.0 Å². The van der Waals surface area contributed by atoms with E-state index in [1.165, 1.54) is 10.2 Å². The number of hydrogen-bond acceptors (Lipinski definition) is 4. The van der Waals surface area contributed by atoms with Crippen LogP contribution < -0.4 is 0 Å². The van der Waals surface area contributed by atoms with Crippen molar-refractivity contribution in [2.75, 3.05) is 0 Å². The molecule has 0 aliphatic carbocycles. The zero-order valence-corrected chi connectivity index (χ0v) is 19.8. The molecule has 8 aromatic rings. The second kappa shape index (κ2) is 7.37. The summed E-state index contributed by atoms with van der Waals surface area (Å²) in [6, 6.07) is 31.1. The highest BCUT2D eigenvalue weighted by atomic mass is 32.1. The van der Waals surface area contributed by atoms with Crippen LogP contribution in [0.3, 0.4) is 0 Å². The third-order valence-electron chi connectivity index (χ3n) is 6.69. The molecule has 0 spiro atoms. The smallest absolute Gasteiger partial charge is 0.156 e. The second-order valence-corrected chi connectivity index (χ2v) is 9.57. The van der Waals surface area contributed by atoms with Gasteiger partial charge in [-0.2, -0.15) is 5.10 Å². The van der Waals surface area contributed by atoms with Gasteiger partial charge in [-0.25, -0.2) is 9.67 Å². The van der Waals surface area contributed by atoms with Gasteiger partial charge in [-0.15, -0.1) is 11.3 Å². The summed E-state index contributed by atoms with van der Waals surface area (Å²) < 4.78 is 6.47. The molecule has 0 aliphatic heterocycles. The van der Waals surface area contributed by atoms with Crippen LogP contribution >= 0.6 is 11.3 Å². The van der Waals surface area contributed by atoms with Gasteiger partial charge in [0, 0.05) is 27.9 Å². The monoisotopic (exact) mass is 482 g/mol. The minimum absolute atomic E-state index is 0.784. The molecule has 0 N–H and O–H groups in total. The fraction of sp³-hybridized carbons (Fsp3) is 0. The van der Waals surface area contributed by atoms with Crippen LogP contribution in [0.5, 0.6) is 0 Å². The zero-order valence-electron chi connectivity index (χ0n) is 19.0. The molecule has 0 saturated carbocycles. The van der Waals surface area contributed by atoms with E-state index in [-0.39, 0.29) is 0 Å². The van der Waals surface area contributed by atoms with Crippen molar-refractivity contribution < 1.29 is 0 Å². The molecule has 36 heavy (non-hydrogen) atoms. The molecule has 6 nitrogen and oxygen atoms in total. The van der Waals surface area contributed by atoms with Crippen LogP contribution in [-0.4, -0.2) is 28.7 Å². The van der Waals surface area contributed by atoms with Gasteiger partial charge in [0.1, 0.15) is 16.3 Å². The van der Waals surface area contributed by atoms with E-state index in [2.05, 4.69) is 79.0 Å². The number of para-hydroxylation sites is 3. The first-order valence-corrected chi connectivity index (χ1v) is 12.6. The molecule has 7 heteroatoms. The number of imidazole rings is 1. The van der Waals surface area contributed by atoms with Crippen molar-refractivity contribution in [3.05, 3.63) is 109 Å². The van der Waals surface area contributed by atoms with Crippen molar-refractivity contribution in [1.29, 1.82) is 0 Å². The fourth-order valence-electron chi connectivity index (χ4n) is 5.10. The Morgan fingerprint density at radius 2 is 1.53 bits per heavy atom. The van der Waals surface area contributed by atoms with Crippen LogP contribution in [0.1, 0.15) is 0 Å². The average molecular weight is 483 g/mol. The van der Waals surface area contributed by atoms with Crippen molar-refractivity contribution in [2.45, 2.75) is 0 Å². The first-order chi connectivity index (χ1) is 17.9. The first kappa shape index (κ1) is 19.5. The largest absolute Gasteiger partial charge is 0.284 e. The Labute approximate surface area is 209 Å². The van der Waals surface area contributed by atoms with Gasteiger partial charge in [0.05, 0.1) is 28.4 Å². The number of fused-ring (bicyclic) bond motifs is 6. The summed E-state index contributed by atoms with van der Waals surface area (Å²) >= 11 is 1.75. The van der Waals surface area contributed by atoms with Crippen LogP contribution in [0.2, 0.25) is 0 Å². The summed E-state index contributed by atoms with van der Waals surface area (Å²) in [7, 11) is 0. The van der Waals surface area contributed by atoms with Crippen molar-refractivity contribution in [1.82, 2.24) is 28.7 Å². The summed E-state index contributed by atoms with van der Waals surface area (Å²) in [5, 5.41) is 9.11. The Hall–Kier alpha value is -4.75. The Morgan fingerprint density at radius 3 is 2.42 bits per heavy atom. The van der Waals surface area contributed by atoms with Crippen LogP contribution in [0.25, 0.3) is 60.7 Å². The predicted molar refractivity (Wildman–Crippen MR) is 145 cm³/mol. The van der Waals surface area contributed by atoms with Crippen molar-refractivity contribution >= 4 is 49.1 Å². The maximum absolute atomic E-state index is 5.08. The van der Waals surface area contributed by atoms with Crippen molar-refractivity contribution in [3.8, 4) is 22.9 Å². The number of thiophene rings is 1. The fourth-order valence-corrected chi connectivity index (χ4v) is 6.17. The molecule has 170 valence electrons. The molecule has 6 aromatic heterocycles. The van der Waals surface area contributed by atoms with E-state index in [1.54, 1.807) is 11.3 Å². The van der Waals surface area contributed by atoms with Gasteiger partial charge < -0.3 is 0 Å². The summed E-state index contributed by atoms with van der Waals surface area (Å²) in [6.07, 6.45) is 3.73. The number of pyridine rings is 2. The summed E-state index contributed by atoms with van der Waals surface area (Å²) in [5.74, 6) is 1.63. The average Bonchev–Trinajstić information content (AvgIpc) is 3.68. The van der Waals surface area contributed by atoms with Gasteiger partial charge in [0.2, 0.25) is 0 Å². The molecule has 0 aliphatic rings. The molecule has 0 saturated heterocycles. The molecule has 0 atom stereocenters. The number of nitrogens with zero attached hydrogens (tertiary/aromatic N) is 6. The van der Waals surface area contributed by atoms with E-state index >= 15 is 0 Å². The minimum Gasteiger partial charge on any atom is -0.284 e. The molecule has 0 fully saturated rings. The lowest BCUT2D eigenvalue weighted by Gasteiger charge is -2.08. The highest BCUT2D eigenvalue weighted by Gasteiger charge is 2.20. The lowest BCUT2D eigenvalue weighted by molar-refractivity contribution is 0.864. The van der Waals surface area contributed by atoms with Gasteiger partial charge in [-0.05, 0) is 48.5 Å². The van der Waals surface area contributed by atoms with Crippen LogP contribution in [0.15, 0.2) is 109 Å². The molecular formula is C29H18N6S. The number of aromatic nitrogens is 6. The van der Waals surface area contributed by atoms with Crippen LogP contribution in [0, 0.1) is 0 Å². The highest BCUT2D eigenvalue weighted by molar-refractivity contribution is 7.17. The molecule has 0 bridgehead atoms. The number of benzene rings is 2. The second-order valence-electron chi connectivity index (χ2n) is 8.71. The van der Waals surface area contributed by atoms with Gasteiger partial charge in [0.25, 0.3) is 0 Å². The van der Waals surface area contributed by atoms with E-state index < -0.39 is 0 Å². The lowest BCUT2D eigenvalue weighted by atomic mass is 10.1. The predicted octanol–water partition coefficient (Wildman–Crippen LogP) is 6.89. The van der Waals surface area contributed by atoms with Crippen molar-refractivity contribution in [2.24, 2.45) is 0 Å². The maximum Gasteiger partial charge on any atom is 0.156 e. The van der Waals surface area contributed by atoms with Gasteiger partial charge in [0.15, 0.2) is 5.82 Å². The van der Waals surface area contributed by atoms with Crippen LogP contribution in [0.4, 0.5) is 0 Å². The number of hydrogen-bond donors (Lipinski definition) is 0. The van der Waals surface area contributed by atoms with Crippen molar-refractivity contribution in [3.63, 3.8) is 0 Å². The number of rotatable bonds is 3. The zero-order chi connectivity index (χ0) is 23.6. The molecule has 0 amide bonds. The molecule has 2 aromatic carbocycles. The summed E-state index contributed by atoms with van der Waals surface area (Å²) in [4.78, 5) is 10.9. The third kappa shape index (κ3) is 2.68. The van der Waals surface area contributed by atoms with E-state index in [1.807, 2.05) is 53.5 Å². The molecule has 8 rings (SSSR count). The van der Waals surface area contributed by atoms with E-state index in [0.717, 1.165) is 50.5 Å². The molecule has 6 heterocycles. The Bertz CT molecular complexity index is 2060. The SMILES string of the molecule is c1ccc(-c2csc3c2cc2n(-c4cccc(-n5ncc6ccccc65)n4)c4ccccc4n32)nc1. The van der Waals surface area contributed by atoms with Gasteiger partial charge >= 0.3 is 0 Å². The van der Waals surface area contributed by atoms with E-state index in [9.17, 15) is 0 Å². The standard InChI is InChI=1S/C29H18N6S/c1-2-10-23-19(8-1)17-31-35(23)27-14-7-13-26(32-27)33-24-11-3-4-12-25(24)34-28(33)16-20-21(18-36-29(20)34)22-9-5-6-15-30-22/h1-18H. The molecule has 0 unspecified atom stereocenters. The molecular weight excluding hydrogens is 464 g/mol. The van der Waals surface area contributed by atoms with E-state index in [0.29, 0.717) is 0 Å². The molecule has 0 radical (unpaired) electrons. The first-order valence-electron chi connectivity index (χ1n) is 11.7. The lowest BCUT2D eigenvalue weighted by Crippen LogP contribution is -2.04. The normalized spacial score (nSPS) is 11.9. The Balaban J connectivity index is 1.40.